The van der Waals surface area contributed by atoms with Gasteiger partial charge in [0.2, 0.25) is 5.91 Å². The van der Waals surface area contributed by atoms with Crippen molar-refractivity contribution in [2.45, 2.75) is 50.0 Å². The van der Waals surface area contributed by atoms with E-state index in [1.807, 2.05) is 6.07 Å². The summed E-state index contributed by atoms with van der Waals surface area (Å²) in [5, 5.41) is 13.1. The molecule has 4 nitrogen and oxygen atoms in total. The van der Waals surface area contributed by atoms with Gasteiger partial charge in [0.15, 0.2) is 0 Å². The number of rotatable bonds is 3. The minimum atomic E-state index is -0.0884. The van der Waals surface area contributed by atoms with Crippen LogP contribution in [0.1, 0.15) is 53.9 Å². The lowest BCUT2D eigenvalue weighted by molar-refractivity contribution is -0.138. The van der Waals surface area contributed by atoms with Crippen molar-refractivity contribution in [1.82, 2.24) is 10.2 Å². The second-order valence-electron chi connectivity index (χ2n) is 9.35. The van der Waals surface area contributed by atoms with Gasteiger partial charge in [0.25, 0.3) is 0 Å². The Bertz CT molecular complexity index is 905. The van der Waals surface area contributed by atoms with Crippen LogP contribution in [0.4, 0.5) is 0 Å². The van der Waals surface area contributed by atoms with Gasteiger partial charge < -0.3 is 15.3 Å². The monoisotopic (exact) mass is 404 g/mol. The summed E-state index contributed by atoms with van der Waals surface area (Å²) in [6, 6.07) is 17.1. The highest BCUT2D eigenvalue weighted by atomic mass is 16.3. The minimum absolute atomic E-state index is 0.0183. The van der Waals surface area contributed by atoms with Gasteiger partial charge in [0.05, 0.1) is 12.5 Å². The second kappa shape index (κ2) is 8.16. The maximum absolute atomic E-state index is 13.7. The summed E-state index contributed by atoms with van der Waals surface area (Å²) in [7, 11) is 0. The molecule has 2 fully saturated rings. The van der Waals surface area contributed by atoms with Crippen molar-refractivity contribution in [1.29, 1.82) is 0 Å². The van der Waals surface area contributed by atoms with Crippen LogP contribution in [0.25, 0.3) is 0 Å². The zero-order valence-electron chi connectivity index (χ0n) is 17.6. The number of aliphatic hydroxyl groups excluding tert-OH is 1. The summed E-state index contributed by atoms with van der Waals surface area (Å²) in [5.41, 5.74) is 4.97. The third-order valence-corrected chi connectivity index (χ3v) is 7.79. The SMILES string of the molecule is O=C(C1CNCC12CCCc1cc(CO)ccc12)N1CCC(c2ccccc2)CC1. The quantitative estimate of drug-likeness (QED) is 0.825. The van der Waals surface area contributed by atoms with Gasteiger partial charge in [0, 0.05) is 31.6 Å². The number of hydrogen-bond donors (Lipinski definition) is 2. The molecule has 2 aromatic rings. The zero-order valence-corrected chi connectivity index (χ0v) is 17.6. The molecule has 2 N–H and O–H groups in total. The van der Waals surface area contributed by atoms with Gasteiger partial charge >= 0.3 is 0 Å². The Morgan fingerprint density at radius 2 is 1.93 bits per heavy atom. The molecule has 0 bridgehead atoms. The predicted molar refractivity (Wildman–Crippen MR) is 118 cm³/mol. The van der Waals surface area contributed by atoms with E-state index in [2.05, 4.69) is 52.7 Å². The Morgan fingerprint density at radius 3 is 2.70 bits per heavy atom. The molecule has 2 aromatic carbocycles. The first-order valence-corrected chi connectivity index (χ1v) is 11.5. The van der Waals surface area contributed by atoms with E-state index >= 15 is 0 Å². The largest absolute Gasteiger partial charge is 0.392 e. The molecule has 0 aromatic heterocycles. The number of amides is 1. The summed E-state index contributed by atoms with van der Waals surface area (Å²) >= 11 is 0. The van der Waals surface area contributed by atoms with Crippen molar-refractivity contribution in [2.75, 3.05) is 26.2 Å². The van der Waals surface area contributed by atoms with Crippen LogP contribution in [-0.2, 0) is 23.2 Å². The lowest BCUT2D eigenvalue weighted by atomic mass is 9.64. The molecule has 1 amide bonds. The van der Waals surface area contributed by atoms with Crippen molar-refractivity contribution in [3.63, 3.8) is 0 Å². The Labute approximate surface area is 179 Å². The fraction of sp³-hybridized carbons (Fsp3) is 0.500. The highest BCUT2D eigenvalue weighted by Gasteiger charge is 2.51. The second-order valence-corrected chi connectivity index (χ2v) is 9.35. The smallest absolute Gasteiger partial charge is 0.227 e. The number of nitrogens with zero attached hydrogens (tertiary/aromatic N) is 1. The van der Waals surface area contributed by atoms with Gasteiger partial charge in [0.1, 0.15) is 0 Å². The van der Waals surface area contributed by atoms with E-state index < -0.39 is 0 Å². The topological polar surface area (TPSA) is 52.6 Å². The Hall–Kier alpha value is -2.17. The van der Waals surface area contributed by atoms with Crippen LogP contribution in [0.3, 0.4) is 0 Å². The minimum Gasteiger partial charge on any atom is -0.392 e. The van der Waals surface area contributed by atoms with E-state index in [4.69, 9.17) is 0 Å². The lowest BCUT2D eigenvalue weighted by Gasteiger charge is -2.42. The fourth-order valence-electron chi connectivity index (χ4n) is 6.17. The van der Waals surface area contributed by atoms with Crippen LogP contribution >= 0.6 is 0 Å². The van der Waals surface area contributed by atoms with Crippen molar-refractivity contribution in [3.8, 4) is 0 Å². The van der Waals surface area contributed by atoms with E-state index in [9.17, 15) is 9.90 Å². The summed E-state index contributed by atoms with van der Waals surface area (Å²) in [6.45, 7) is 3.47. The molecule has 2 atom stereocenters. The molecule has 0 radical (unpaired) electrons. The molecular formula is C26H32N2O2. The molecule has 2 saturated heterocycles. The molecule has 4 heteroatoms. The number of fused-ring (bicyclic) bond motifs is 2. The number of likely N-dealkylation sites (tertiary alicyclic amines) is 1. The third kappa shape index (κ3) is 3.36. The van der Waals surface area contributed by atoms with Gasteiger partial charge in [-0.25, -0.2) is 0 Å². The van der Waals surface area contributed by atoms with E-state index in [1.165, 1.54) is 16.7 Å². The molecular weight excluding hydrogens is 372 g/mol. The van der Waals surface area contributed by atoms with Gasteiger partial charge in [-0.05, 0) is 60.3 Å². The van der Waals surface area contributed by atoms with Crippen LogP contribution in [0, 0.1) is 5.92 Å². The predicted octanol–water partition coefficient (Wildman–Crippen LogP) is 3.38. The Kier molecular flexibility index (Phi) is 5.38. The van der Waals surface area contributed by atoms with Crippen LogP contribution < -0.4 is 5.32 Å². The first kappa shape index (κ1) is 19.8. The van der Waals surface area contributed by atoms with Gasteiger partial charge in [-0.3, -0.25) is 4.79 Å². The zero-order chi connectivity index (χ0) is 20.6. The molecule has 0 saturated carbocycles. The van der Waals surface area contributed by atoms with E-state index in [0.717, 1.165) is 63.8 Å². The molecule has 5 rings (SSSR count). The van der Waals surface area contributed by atoms with Crippen molar-refractivity contribution in [3.05, 3.63) is 70.8 Å². The first-order valence-electron chi connectivity index (χ1n) is 11.5. The molecule has 2 aliphatic heterocycles. The standard InChI is InChI=1S/C26H32N2O2/c29-17-19-8-9-23-22(15-19)7-4-12-26(23)18-27-16-24(26)25(30)28-13-10-21(11-14-28)20-5-2-1-3-6-20/h1-3,5-6,8-9,15,21,24,27,29H,4,7,10-14,16-18H2. The molecule has 158 valence electrons. The molecule has 2 unspecified atom stereocenters. The van der Waals surface area contributed by atoms with Crippen LogP contribution in [0.15, 0.2) is 48.5 Å². The number of carbonyl (C=O) groups is 1. The molecule has 1 aliphatic carbocycles. The Morgan fingerprint density at radius 1 is 1.13 bits per heavy atom. The number of piperidine rings is 1. The number of benzene rings is 2. The lowest BCUT2D eigenvalue weighted by Crippen LogP contribution is -2.49. The molecule has 3 aliphatic rings. The average Bonchev–Trinajstić information content (AvgIpc) is 3.23. The number of aliphatic hydroxyl groups is 1. The Balaban J connectivity index is 1.35. The van der Waals surface area contributed by atoms with Crippen molar-refractivity contribution >= 4 is 5.91 Å². The van der Waals surface area contributed by atoms with Gasteiger partial charge in [-0.2, -0.15) is 0 Å². The highest BCUT2D eigenvalue weighted by molar-refractivity contribution is 5.82. The first-order chi connectivity index (χ1) is 14.7. The fourth-order valence-corrected chi connectivity index (χ4v) is 6.17. The van der Waals surface area contributed by atoms with E-state index in [0.29, 0.717) is 11.8 Å². The maximum Gasteiger partial charge on any atom is 0.227 e. The molecule has 30 heavy (non-hydrogen) atoms. The van der Waals surface area contributed by atoms with Gasteiger partial charge in [-0.15, -0.1) is 0 Å². The van der Waals surface area contributed by atoms with E-state index in [1.54, 1.807) is 0 Å². The maximum atomic E-state index is 13.7. The third-order valence-electron chi connectivity index (χ3n) is 7.79. The van der Waals surface area contributed by atoms with Crippen molar-refractivity contribution in [2.24, 2.45) is 5.92 Å². The number of nitrogens with one attached hydrogen (secondary N) is 1. The molecule has 2 heterocycles. The number of carbonyl (C=O) groups excluding carboxylic acids is 1. The summed E-state index contributed by atoms with van der Waals surface area (Å²) in [6.07, 6.45) is 5.35. The average molecular weight is 405 g/mol. The van der Waals surface area contributed by atoms with Gasteiger partial charge in [-0.1, -0.05) is 48.5 Å². The summed E-state index contributed by atoms with van der Waals surface area (Å²) in [5.74, 6) is 0.925. The van der Waals surface area contributed by atoms with Crippen molar-refractivity contribution < 1.29 is 9.90 Å². The number of hydrogen-bond acceptors (Lipinski definition) is 3. The van der Waals surface area contributed by atoms with E-state index in [-0.39, 0.29) is 17.9 Å². The summed E-state index contributed by atoms with van der Waals surface area (Å²) < 4.78 is 0. The number of aryl methyl sites for hydroxylation is 1. The summed E-state index contributed by atoms with van der Waals surface area (Å²) in [4.78, 5) is 15.8. The highest BCUT2D eigenvalue weighted by Crippen LogP contribution is 2.46. The normalized spacial score (nSPS) is 26.7. The molecule has 1 spiro atoms. The van der Waals surface area contributed by atoms with Crippen LogP contribution in [-0.4, -0.2) is 42.1 Å². The van der Waals surface area contributed by atoms with Crippen LogP contribution in [0.5, 0.6) is 0 Å². The van der Waals surface area contributed by atoms with Crippen LogP contribution in [0.2, 0.25) is 0 Å².